The van der Waals surface area contributed by atoms with Gasteiger partial charge in [0.2, 0.25) is 5.82 Å². The molecule has 1 N–H and O–H groups in total. The molecular weight excluding hydrogens is 248 g/mol. The lowest BCUT2D eigenvalue weighted by Crippen LogP contribution is -1.99. The summed E-state index contributed by atoms with van der Waals surface area (Å²) >= 11 is 0. The van der Waals surface area contributed by atoms with Crippen LogP contribution in [0.1, 0.15) is 11.4 Å². The van der Waals surface area contributed by atoms with E-state index in [1.807, 2.05) is 0 Å². The zero-order valence-electron chi connectivity index (χ0n) is 10.2. The number of nitrogens with zero attached hydrogens (tertiary/aromatic N) is 4. The van der Waals surface area contributed by atoms with Crippen LogP contribution in [0, 0.1) is 0 Å². The molecule has 0 bridgehead atoms. The number of carboxylic acids is 1. The molecule has 0 saturated heterocycles. The average molecular weight is 260 g/mol. The van der Waals surface area contributed by atoms with E-state index in [1.54, 1.807) is 31.3 Å². The number of benzene rings is 1. The Hall–Kier alpha value is -2.70. The number of hydrogen-bond acceptors (Lipinski definition) is 5. The quantitative estimate of drug-likeness (QED) is 0.803. The molecule has 1 heterocycles. The van der Waals surface area contributed by atoms with E-state index >= 15 is 0 Å². The number of tetrazole rings is 1. The molecule has 0 amide bonds. The van der Waals surface area contributed by atoms with Gasteiger partial charge in [-0.1, -0.05) is 12.1 Å². The van der Waals surface area contributed by atoms with Gasteiger partial charge >= 0.3 is 5.97 Å². The first kappa shape index (κ1) is 12.7. The van der Waals surface area contributed by atoms with Crippen molar-refractivity contribution in [3.8, 4) is 5.75 Å². The molecule has 0 fully saturated rings. The van der Waals surface area contributed by atoms with Gasteiger partial charge in [0.1, 0.15) is 5.75 Å². The third-order valence-corrected chi connectivity index (χ3v) is 2.19. The Bertz CT molecular complexity index is 607. The molecule has 7 heteroatoms. The normalized spacial score (nSPS) is 10.8. The highest BCUT2D eigenvalue weighted by molar-refractivity contribution is 5.85. The van der Waals surface area contributed by atoms with Gasteiger partial charge < -0.3 is 9.84 Å². The van der Waals surface area contributed by atoms with Gasteiger partial charge in [-0.25, -0.2) is 4.79 Å². The maximum Gasteiger partial charge on any atom is 0.328 e. The largest absolute Gasteiger partial charge is 0.485 e. The third-order valence-electron chi connectivity index (χ3n) is 2.19. The highest BCUT2D eigenvalue weighted by atomic mass is 16.5. The van der Waals surface area contributed by atoms with Crippen molar-refractivity contribution < 1.29 is 14.6 Å². The van der Waals surface area contributed by atoms with Crippen LogP contribution in [0.2, 0.25) is 0 Å². The summed E-state index contributed by atoms with van der Waals surface area (Å²) in [5.74, 6) is 0.101. The molecule has 0 aliphatic rings. The molecule has 0 unspecified atom stereocenters. The number of rotatable bonds is 5. The maximum atomic E-state index is 10.4. The van der Waals surface area contributed by atoms with Crippen LogP contribution in [-0.2, 0) is 18.4 Å². The van der Waals surface area contributed by atoms with Crippen LogP contribution >= 0.6 is 0 Å². The monoisotopic (exact) mass is 260 g/mol. The molecule has 7 nitrogen and oxygen atoms in total. The first-order valence-electron chi connectivity index (χ1n) is 5.50. The van der Waals surface area contributed by atoms with Crippen molar-refractivity contribution in [3.05, 3.63) is 41.7 Å². The number of ether oxygens (including phenoxy) is 1. The summed E-state index contributed by atoms with van der Waals surface area (Å²) in [4.78, 5) is 11.8. The standard InChI is InChI=1S/C12H12N4O3/c1-16-14-11(13-15-16)8-19-10-4-2-3-9(7-10)5-6-12(17)18/h2-7H,8H2,1H3,(H,17,18)/b6-5+. The van der Waals surface area contributed by atoms with Crippen molar-refractivity contribution in [1.29, 1.82) is 0 Å². The molecule has 1 aromatic heterocycles. The highest BCUT2D eigenvalue weighted by Gasteiger charge is 2.02. The lowest BCUT2D eigenvalue weighted by molar-refractivity contribution is -0.131. The highest BCUT2D eigenvalue weighted by Crippen LogP contribution is 2.15. The molecule has 19 heavy (non-hydrogen) atoms. The van der Waals surface area contributed by atoms with Crippen LogP contribution in [0.3, 0.4) is 0 Å². The minimum atomic E-state index is -0.991. The van der Waals surface area contributed by atoms with Gasteiger partial charge in [-0.15, -0.1) is 10.2 Å². The lowest BCUT2D eigenvalue weighted by atomic mass is 10.2. The Labute approximate surface area is 109 Å². The van der Waals surface area contributed by atoms with E-state index in [1.165, 1.54) is 10.9 Å². The van der Waals surface area contributed by atoms with Gasteiger partial charge in [0, 0.05) is 6.08 Å². The van der Waals surface area contributed by atoms with Crippen LogP contribution in [0.25, 0.3) is 6.08 Å². The van der Waals surface area contributed by atoms with E-state index in [4.69, 9.17) is 9.84 Å². The summed E-state index contributed by atoms with van der Waals surface area (Å²) < 4.78 is 5.49. The SMILES string of the molecule is Cn1nnc(COc2cccc(/C=C/C(=O)O)c2)n1. The van der Waals surface area contributed by atoms with E-state index in [9.17, 15) is 4.79 Å². The number of carboxylic acid groups (broad SMARTS) is 1. The van der Waals surface area contributed by atoms with Crippen molar-refractivity contribution in [2.45, 2.75) is 6.61 Å². The molecule has 0 aliphatic heterocycles. The van der Waals surface area contributed by atoms with E-state index in [0.717, 1.165) is 11.6 Å². The first-order valence-corrected chi connectivity index (χ1v) is 5.50. The van der Waals surface area contributed by atoms with Gasteiger partial charge in [-0.3, -0.25) is 0 Å². The fourth-order valence-electron chi connectivity index (χ4n) is 1.40. The second-order valence-electron chi connectivity index (χ2n) is 3.73. The Morgan fingerprint density at radius 3 is 3.05 bits per heavy atom. The Balaban J connectivity index is 2.00. The zero-order valence-corrected chi connectivity index (χ0v) is 10.2. The van der Waals surface area contributed by atoms with Gasteiger partial charge in [0.15, 0.2) is 6.61 Å². The fraction of sp³-hybridized carbons (Fsp3) is 0.167. The molecule has 0 saturated carbocycles. The van der Waals surface area contributed by atoms with E-state index < -0.39 is 5.97 Å². The first-order chi connectivity index (χ1) is 9.13. The summed E-state index contributed by atoms with van der Waals surface area (Å²) in [5.41, 5.74) is 0.743. The van der Waals surface area contributed by atoms with Crippen LogP contribution < -0.4 is 4.74 Å². The topological polar surface area (TPSA) is 90.1 Å². The second-order valence-corrected chi connectivity index (χ2v) is 3.73. The van der Waals surface area contributed by atoms with Gasteiger partial charge in [-0.05, 0) is 29.0 Å². The summed E-state index contributed by atoms with van der Waals surface area (Å²) in [7, 11) is 1.67. The number of hydrogen-bond donors (Lipinski definition) is 1. The van der Waals surface area contributed by atoms with Crippen LogP contribution in [0.4, 0.5) is 0 Å². The number of aryl methyl sites for hydroxylation is 1. The van der Waals surface area contributed by atoms with Crippen molar-refractivity contribution in [3.63, 3.8) is 0 Å². The molecule has 98 valence electrons. The number of aromatic nitrogens is 4. The molecule has 2 rings (SSSR count). The van der Waals surface area contributed by atoms with Gasteiger partial charge in [-0.2, -0.15) is 4.80 Å². The van der Waals surface area contributed by atoms with E-state index in [-0.39, 0.29) is 6.61 Å². The van der Waals surface area contributed by atoms with E-state index in [0.29, 0.717) is 11.6 Å². The number of aliphatic carboxylic acids is 1. The summed E-state index contributed by atoms with van der Waals surface area (Å²) in [5, 5.41) is 20.0. The van der Waals surface area contributed by atoms with Crippen molar-refractivity contribution >= 4 is 12.0 Å². The van der Waals surface area contributed by atoms with Crippen LogP contribution in [0.5, 0.6) is 5.75 Å². The molecule has 2 aromatic rings. The predicted octanol–water partition coefficient (Wildman–Crippen LogP) is 0.887. The lowest BCUT2D eigenvalue weighted by Gasteiger charge is -2.03. The fourth-order valence-corrected chi connectivity index (χ4v) is 1.40. The van der Waals surface area contributed by atoms with Gasteiger partial charge in [0.25, 0.3) is 0 Å². The zero-order chi connectivity index (χ0) is 13.7. The number of carbonyl (C=O) groups is 1. The summed E-state index contributed by atoms with van der Waals surface area (Å²) in [6.07, 6.45) is 2.57. The van der Waals surface area contributed by atoms with Crippen LogP contribution in [-0.4, -0.2) is 31.3 Å². The molecule has 0 atom stereocenters. The van der Waals surface area contributed by atoms with Crippen molar-refractivity contribution in [1.82, 2.24) is 20.2 Å². The average Bonchev–Trinajstić information content (AvgIpc) is 2.80. The molecule has 0 radical (unpaired) electrons. The Kier molecular flexibility index (Phi) is 3.87. The second kappa shape index (κ2) is 5.76. The van der Waals surface area contributed by atoms with Crippen molar-refractivity contribution in [2.24, 2.45) is 7.05 Å². The Morgan fingerprint density at radius 2 is 2.37 bits per heavy atom. The maximum absolute atomic E-state index is 10.4. The molecule has 0 aliphatic carbocycles. The molecule has 1 aromatic carbocycles. The summed E-state index contributed by atoms with van der Waals surface area (Å²) in [6.45, 7) is 0.208. The summed E-state index contributed by atoms with van der Waals surface area (Å²) in [6, 6.07) is 7.07. The minimum Gasteiger partial charge on any atom is -0.485 e. The van der Waals surface area contributed by atoms with Crippen molar-refractivity contribution in [2.75, 3.05) is 0 Å². The minimum absolute atomic E-state index is 0.208. The van der Waals surface area contributed by atoms with Crippen LogP contribution in [0.15, 0.2) is 30.3 Å². The van der Waals surface area contributed by atoms with E-state index in [2.05, 4.69) is 15.4 Å². The molecule has 0 spiro atoms. The Morgan fingerprint density at radius 1 is 1.53 bits per heavy atom. The predicted molar refractivity (Wildman–Crippen MR) is 66.2 cm³/mol. The molecular formula is C12H12N4O3. The van der Waals surface area contributed by atoms with Gasteiger partial charge in [0.05, 0.1) is 7.05 Å². The smallest absolute Gasteiger partial charge is 0.328 e. The third kappa shape index (κ3) is 3.91.